The first kappa shape index (κ1) is 17.8. The maximum Gasteiger partial charge on any atom is 0.408 e. The second kappa shape index (κ2) is 7.15. The van der Waals surface area contributed by atoms with E-state index in [0.717, 1.165) is 11.3 Å². The fraction of sp³-hybridized carbons (Fsp3) is 0.500. The zero-order chi connectivity index (χ0) is 16.9. The minimum atomic E-state index is -1.10. The van der Waals surface area contributed by atoms with Gasteiger partial charge in [0.05, 0.1) is 0 Å². The number of ether oxygens (including phenoxy) is 1. The Labute approximate surface area is 131 Å². The molecule has 0 fully saturated rings. The van der Waals surface area contributed by atoms with E-state index in [1.165, 1.54) is 0 Å². The average Bonchev–Trinajstić information content (AvgIpc) is 2.35. The Morgan fingerprint density at radius 2 is 1.86 bits per heavy atom. The average molecular weight is 308 g/mol. The number of anilines is 1. The number of nitrogens with zero attached hydrogens (tertiary/aromatic N) is 1. The Balaban J connectivity index is 2.86. The number of carboxylic acid groups (broad SMARTS) is 1. The fourth-order valence-electron chi connectivity index (χ4n) is 1.99. The summed E-state index contributed by atoms with van der Waals surface area (Å²) >= 11 is 0. The second-order valence-corrected chi connectivity index (χ2v) is 6.26. The Bertz CT molecular complexity index is 535. The zero-order valence-corrected chi connectivity index (χ0v) is 13.7. The van der Waals surface area contributed by atoms with E-state index in [0.29, 0.717) is 0 Å². The van der Waals surface area contributed by atoms with Gasteiger partial charge in [-0.2, -0.15) is 0 Å². The summed E-state index contributed by atoms with van der Waals surface area (Å²) in [6, 6.07) is 6.44. The molecule has 0 aliphatic carbocycles. The Kier molecular flexibility index (Phi) is 5.79. The molecule has 0 saturated carbocycles. The van der Waals surface area contributed by atoms with Gasteiger partial charge in [0.25, 0.3) is 0 Å². The molecule has 0 aliphatic heterocycles. The minimum absolute atomic E-state index is 0.183. The highest BCUT2D eigenvalue weighted by atomic mass is 16.6. The number of carbonyl (C=O) groups excluding carboxylic acids is 1. The van der Waals surface area contributed by atoms with E-state index >= 15 is 0 Å². The molecule has 0 bridgehead atoms. The van der Waals surface area contributed by atoms with Crippen molar-refractivity contribution in [1.29, 1.82) is 0 Å². The van der Waals surface area contributed by atoms with Crippen LogP contribution in [-0.4, -0.2) is 42.9 Å². The molecule has 0 spiro atoms. The van der Waals surface area contributed by atoms with Crippen LogP contribution in [0.15, 0.2) is 24.3 Å². The molecule has 0 heterocycles. The monoisotopic (exact) mass is 308 g/mol. The Morgan fingerprint density at radius 1 is 1.27 bits per heavy atom. The number of para-hydroxylation sites is 1. The van der Waals surface area contributed by atoms with E-state index in [1.54, 1.807) is 20.8 Å². The van der Waals surface area contributed by atoms with Gasteiger partial charge < -0.3 is 20.1 Å². The molecule has 122 valence electrons. The van der Waals surface area contributed by atoms with E-state index in [1.807, 2.05) is 43.3 Å². The third kappa shape index (κ3) is 5.63. The molecule has 2 N–H and O–H groups in total. The summed E-state index contributed by atoms with van der Waals surface area (Å²) in [5.41, 5.74) is 1.09. The zero-order valence-electron chi connectivity index (χ0n) is 13.7. The molecular weight excluding hydrogens is 284 g/mol. The predicted octanol–water partition coefficient (Wildman–Crippen LogP) is 2.27. The first-order chi connectivity index (χ1) is 10.1. The van der Waals surface area contributed by atoms with Crippen LogP contribution in [0, 0.1) is 0 Å². The summed E-state index contributed by atoms with van der Waals surface area (Å²) in [7, 11) is 3.77. The highest BCUT2D eigenvalue weighted by Gasteiger charge is 2.25. The standard InChI is InChI=1S/C16H24N2O4/c1-16(2,3)22-15(21)17-12(14(19)20)10-11-8-6-7-9-13(11)18(4)5/h6-9,12H,10H2,1-5H3,(H,17,21)(H,19,20)/t12-/m1/s1. The molecular formula is C16H24N2O4. The topological polar surface area (TPSA) is 78.9 Å². The van der Waals surface area contributed by atoms with Crippen molar-refractivity contribution in [3.63, 3.8) is 0 Å². The summed E-state index contributed by atoms with van der Waals surface area (Å²) < 4.78 is 5.11. The van der Waals surface area contributed by atoms with E-state index in [2.05, 4.69) is 5.32 Å². The molecule has 6 heteroatoms. The van der Waals surface area contributed by atoms with Gasteiger partial charge in [0.1, 0.15) is 11.6 Å². The van der Waals surface area contributed by atoms with Gasteiger partial charge in [0, 0.05) is 26.2 Å². The molecule has 1 atom stereocenters. The van der Waals surface area contributed by atoms with Crippen LogP contribution in [0.25, 0.3) is 0 Å². The highest BCUT2D eigenvalue weighted by Crippen LogP contribution is 2.19. The van der Waals surface area contributed by atoms with Crippen molar-refractivity contribution < 1.29 is 19.4 Å². The molecule has 1 aromatic rings. The summed E-state index contributed by atoms with van der Waals surface area (Å²) in [5, 5.41) is 11.7. The van der Waals surface area contributed by atoms with Gasteiger partial charge in [-0.1, -0.05) is 18.2 Å². The molecule has 22 heavy (non-hydrogen) atoms. The van der Waals surface area contributed by atoms with Gasteiger partial charge >= 0.3 is 12.1 Å². The molecule has 0 unspecified atom stereocenters. The number of hydrogen-bond acceptors (Lipinski definition) is 4. The maximum absolute atomic E-state index is 11.8. The lowest BCUT2D eigenvalue weighted by molar-refractivity contribution is -0.139. The van der Waals surface area contributed by atoms with Crippen LogP contribution in [0.1, 0.15) is 26.3 Å². The Hall–Kier alpha value is -2.24. The third-order valence-corrected chi connectivity index (χ3v) is 2.89. The van der Waals surface area contributed by atoms with E-state index in [4.69, 9.17) is 4.74 Å². The summed E-state index contributed by atoms with van der Waals surface area (Å²) in [4.78, 5) is 25.1. The van der Waals surface area contributed by atoms with Gasteiger partial charge in [-0.05, 0) is 32.4 Å². The molecule has 1 amide bonds. The van der Waals surface area contributed by atoms with Crippen molar-refractivity contribution in [3.8, 4) is 0 Å². The number of benzene rings is 1. The summed E-state index contributed by atoms with van der Waals surface area (Å²) in [6.45, 7) is 5.18. The van der Waals surface area contributed by atoms with Crippen molar-refractivity contribution in [1.82, 2.24) is 5.32 Å². The predicted molar refractivity (Wildman–Crippen MR) is 85.3 cm³/mol. The number of nitrogens with one attached hydrogen (secondary N) is 1. The number of amides is 1. The van der Waals surface area contributed by atoms with E-state index in [-0.39, 0.29) is 6.42 Å². The lowest BCUT2D eigenvalue weighted by atomic mass is 10.0. The van der Waals surface area contributed by atoms with Crippen LogP contribution in [0.4, 0.5) is 10.5 Å². The van der Waals surface area contributed by atoms with Crippen LogP contribution < -0.4 is 10.2 Å². The van der Waals surface area contributed by atoms with Crippen molar-refractivity contribution in [3.05, 3.63) is 29.8 Å². The lowest BCUT2D eigenvalue weighted by Gasteiger charge is -2.23. The first-order valence-electron chi connectivity index (χ1n) is 7.07. The third-order valence-electron chi connectivity index (χ3n) is 2.89. The van der Waals surface area contributed by atoms with E-state index < -0.39 is 23.7 Å². The smallest absolute Gasteiger partial charge is 0.408 e. The number of carbonyl (C=O) groups is 2. The maximum atomic E-state index is 11.8. The minimum Gasteiger partial charge on any atom is -0.480 e. The quantitative estimate of drug-likeness (QED) is 0.872. The van der Waals surface area contributed by atoms with Crippen LogP contribution in [0.5, 0.6) is 0 Å². The van der Waals surface area contributed by atoms with Crippen molar-refractivity contribution in [2.45, 2.75) is 38.8 Å². The van der Waals surface area contributed by atoms with Crippen LogP contribution >= 0.6 is 0 Å². The number of hydrogen-bond donors (Lipinski definition) is 2. The van der Waals surface area contributed by atoms with Gasteiger partial charge in [0.15, 0.2) is 0 Å². The molecule has 1 aromatic carbocycles. The number of carboxylic acids is 1. The van der Waals surface area contributed by atoms with Crippen molar-refractivity contribution in [2.24, 2.45) is 0 Å². The summed E-state index contributed by atoms with van der Waals surface area (Å²) in [6.07, 6.45) is -0.551. The molecule has 0 aromatic heterocycles. The van der Waals surface area contributed by atoms with Gasteiger partial charge in [0.2, 0.25) is 0 Å². The van der Waals surface area contributed by atoms with Crippen LogP contribution in [-0.2, 0) is 16.0 Å². The largest absolute Gasteiger partial charge is 0.480 e. The van der Waals surface area contributed by atoms with Crippen molar-refractivity contribution >= 4 is 17.7 Å². The van der Waals surface area contributed by atoms with Crippen molar-refractivity contribution in [2.75, 3.05) is 19.0 Å². The first-order valence-corrected chi connectivity index (χ1v) is 7.07. The highest BCUT2D eigenvalue weighted by molar-refractivity contribution is 5.80. The SMILES string of the molecule is CN(C)c1ccccc1C[C@@H](NC(=O)OC(C)(C)C)C(=O)O. The fourth-order valence-corrected chi connectivity index (χ4v) is 1.99. The second-order valence-electron chi connectivity index (χ2n) is 6.26. The number of rotatable bonds is 5. The molecule has 0 radical (unpaired) electrons. The van der Waals surface area contributed by atoms with Crippen LogP contribution in [0.3, 0.4) is 0 Å². The Morgan fingerprint density at radius 3 is 2.36 bits per heavy atom. The number of aliphatic carboxylic acids is 1. The lowest BCUT2D eigenvalue weighted by Crippen LogP contribution is -2.44. The summed E-state index contributed by atoms with van der Waals surface area (Å²) in [5.74, 6) is -1.10. The van der Waals surface area contributed by atoms with Crippen LogP contribution in [0.2, 0.25) is 0 Å². The molecule has 0 aliphatic rings. The van der Waals surface area contributed by atoms with Gasteiger partial charge in [-0.15, -0.1) is 0 Å². The number of alkyl carbamates (subject to hydrolysis) is 1. The molecule has 6 nitrogen and oxygen atoms in total. The van der Waals surface area contributed by atoms with E-state index in [9.17, 15) is 14.7 Å². The molecule has 1 rings (SSSR count). The van der Waals surface area contributed by atoms with Gasteiger partial charge in [-0.25, -0.2) is 9.59 Å². The molecule has 0 saturated heterocycles. The normalized spacial score (nSPS) is 12.4. The van der Waals surface area contributed by atoms with Gasteiger partial charge in [-0.3, -0.25) is 0 Å².